The van der Waals surface area contributed by atoms with Gasteiger partial charge in [0.25, 0.3) is 0 Å². The molecule has 0 aliphatic heterocycles. The number of alkyl carbamates (subject to hydrolysis) is 1. The summed E-state index contributed by atoms with van der Waals surface area (Å²) in [5.41, 5.74) is 0.395. The molecule has 0 saturated heterocycles. The van der Waals surface area contributed by atoms with Crippen LogP contribution in [0, 0.1) is 5.92 Å². The minimum Gasteiger partial charge on any atom is -0.497 e. The van der Waals surface area contributed by atoms with Gasteiger partial charge in [-0.25, -0.2) is 4.79 Å². The van der Waals surface area contributed by atoms with Gasteiger partial charge in [-0.2, -0.15) is 0 Å². The van der Waals surface area contributed by atoms with Crippen LogP contribution in [0.5, 0.6) is 11.5 Å². The van der Waals surface area contributed by atoms with Crippen LogP contribution in [-0.4, -0.2) is 25.4 Å². The smallest absolute Gasteiger partial charge is 0.408 e. The third-order valence-corrected chi connectivity index (χ3v) is 3.59. The summed E-state index contributed by atoms with van der Waals surface area (Å²) in [5.74, 6) is 2.15. The summed E-state index contributed by atoms with van der Waals surface area (Å²) >= 11 is 0. The molecule has 1 aliphatic rings. The molecule has 1 atom stereocenters. The highest BCUT2D eigenvalue weighted by atomic mass is 16.6. The first-order chi connectivity index (χ1) is 10.8. The summed E-state index contributed by atoms with van der Waals surface area (Å²) in [6, 6.07) is 5.44. The number of hydrogen-bond acceptors (Lipinski definition) is 4. The minimum absolute atomic E-state index is 0.218. The van der Waals surface area contributed by atoms with Gasteiger partial charge in [0.15, 0.2) is 0 Å². The average molecular weight is 321 g/mol. The Morgan fingerprint density at radius 3 is 2.61 bits per heavy atom. The Morgan fingerprint density at radius 2 is 2.04 bits per heavy atom. The fraction of sp³-hybridized carbons (Fsp3) is 0.611. The topological polar surface area (TPSA) is 56.8 Å². The monoisotopic (exact) mass is 321 g/mol. The molecule has 0 radical (unpaired) electrons. The van der Waals surface area contributed by atoms with Crippen LogP contribution in [0.15, 0.2) is 18.2 Å². The molecule has 0 heterocycles. The summed E-state index contributed by atoms with van der Waals surface area (Å²) in [7, 11) is 1.63. The van der Waals surface area contributed by atoms with Crippen molar-refractivity contribution in [2.24, 2.45) is 5.92 Å². The SMILES string of the molecule is COc1ccc([C@@H](C)NC(=O)OC(C)(C)C)c(OCC2CC2)c1. The van der Waals surface area contributed by atoms with Crippen molar-refractivity contribution in [3.05, 3.63) is 23.8 Å². The van der Waals surface area contributed by atoms with E-state index in [-0.39, 0.29) is 6.04 Å². The van der Waals surface area contributed by atoms with Gasteiger partial charge in [-0.15, -0.1) is 0 Å². The maximum Gasteiger partial charge on any atom is 0.408 e. The van der Waals surface area contributed by atoms with Gasteiger partial charge >= 0.3 is 6.09 Å². The Hall–Kier alpha value is -1.91. The highest BCUT2D eigenvalue weighted by Crippen LogP contribution is 2.33. The molecule has 2 rings (SSSR count). The predicted octanol–water partition coefficient (Wildman–Crippen LogP) is 4.07. The van der Waals surface area contributed by atoms with Gasteiger partial charge in [-0.05, 0) is 58.6 Å². The van der Waals surface area contributed by atoms with Gasteiger partial charge < -0.3 is 19.5 Å². The van der Waals surface area contributed by atoms with Crippen LogP contribution in [0.1, 0.15) is 52.1 Å². The lowest BCUT2D eigenvalue weighted by molar-refractivity contribution is 0.0507. The molecule has 1 amide bonds. The van der Waals surface area contributed by atoms with Crippen LogP contribution in [0.3, 0.4) is 0 Å². The molecular weight excluding hydrogens is 294 g/mol. The second-order valence-electron chi connectivity index (χ2n) is 7.03. The largest absolute Gasteiger partial charge is 0.497 e. The Kier molecular flexibility index (Phi) is 5.39. The molecule has 1 aromatic rings. The van der Waals surface area contributed by atoms with Crippen LogP contribution in [-0.2, 0) is 4.74 Å². The average Bonchev–Trinajstić information content (AvgIpc) is 3.26. The van der Waals surface area contributed by atoms with Crippen molar-refractivity contribution in [3.63, 3.8) is 0 Å². The van der Waals surface area contributed by atoms with Crippen molar-refractivity contribution in [1.82, 2.24) is 5.32 Å². The number of benzene rings is 1. The Morgan fingerprint density at radius 1 is 1.35 bits per heavy atom. The molecule has 23 heavy (non-hydrogen) atoms. The minimum atomic E-state index is -0.519. The van der Waals surface area contributed by atoms with Crippen LogP contribution < -0.4 is 14.8 Å². The van der Waals surface area contributed by atoms with Gasteiger partial charge in [0.05, 0.1) is 19.8 Å². The number of methoxy groups -OCH3 is 1. The van der Waals surface area contributed by atoms with Gasteiger partial charge in [0.1, 0.15) is 17.1 Å². The van der Waals surface area contributed by atoms with E-state index in [2.05, 4.69) is 5.32 Å². The molecular formula is C18H27NO4. The standard InChI is InChI=1S/C18H27NO4/c1-12(19-17(20)23-18(2,3)4)15-9-8-14(21-5)10-16(15)22-11-13-6-7-13/h8-10,12-13H,6-7,11H2,1-5H3,(H,19,20)/t12-/m1/s1. The van der Waals surface area contributed by atoms with E-state index in [1.54, 1.807) is 7.11 Å². The fourth-order valence-corrected chi connectivity index (χ4v) is 2.18. The molecule has 5 heteroatoms. The van der Waals surface area contributed by atoms with E-state index < -0.39 is 11.7 Å². The maximum atomic E-state index is 12.0. The number of nitrogens with one attached hydrogen (secondary N) is 1. The molecule has 1 aliphatic carbocycles. The maximum absolute atomic E-state index is 12.0. The van der Waals surface area contributed by atoms with Crippen molar-refractivity contribution >= 4 is 6.09 Å². The van der Waals surface area contributed by atoms with E-state index in [4.69, 9.17) is 14.2 Å². The zero-order valence-electron chi connectivity index (χ0n) is 14.6. The normalized spacial score (nSPS) is 15.7. The van der Waals surface area contributed by atoms with E-state index in [1.165, 1.54) is 12.8 Å². The number of amides is 1. The highest BCUT2D eigenvalue weighted by molar-refractivity contribution is 5.68. The van der Waals surface area contributed by atoms with E-state index in [9.17, 15) is 4.79 Å². The molecule has 0 spiro atoms. The molecule has 0 bridgehead atoms. The Bertz CT molecular complexity index is 546. The van der Waals surface area contributed by atoms with Crippen molar-refractivity contribution in [2.75, 3.05) is 13.7 Å². The summed E-state index contributed by atoms with van der Waals surface area (Å²) in [6.07, 6.45) is 2.02. The summed E-state index contributed by atoms with van der Waals surface area (Å²) in [6.45, 7) is 8.15. The summed E-state index contributed by atoms with van der Waals surface area (Å²) in [4.78, 5) is 12.0. The van der Waals surface area contributed by atoms with Crippen LogP contribution in [0.25, 0.3) is 0 Å². The van der Waals surface area contributed by atoms with Crippen molar-refractivity contribution in [2.45, 2.75) is 52.2 Å². The van der Waals surface area contributed by atoms with E-state index in [1.807, 2.05) is 45.9 Å². The molecule has 128 valence electrons. The van der Waals surface area contributed by atoms with Crippen molar-refractivity contribution < 1.29 is 19.0 Å². The Labute approximate surface area is 138 Å². The van der Waals surface area contributed by atoms with Crippen LogP contribution in [0.2, 0.25) is 0 Å². The second kappa shape index (κ2) is 7.11. The molecule has 5 nitrogen and oxygen atoms in total. The molecule has 1 N–H and O–H groups in total. The first-order valence-electron chi connectivity index (χ1n) is 8.09. The molecule has 1 saturated carbocycles. The van der Waals surface area contributed by atoms with Crippen LogP contribution >= 0.6 is 0 Å². The predicted molar refractivity (Wildman–Crippen MR) is 89.0 cm³/mol. The number of ether oxygens (including phenoxy) is 3. The second-order valence-corrected chi connectivity index (χ2v) is 7.03. The van der Waals surface area contributed by atoms with Gasteiger partial charge in [0, 0.05) is 11.6 Å². The molecule has 0 aromatic heterocycles. The van der Waals surface area contributed by atoms with E-state index in [0.29, 0.717) is 12.5 Å². The van der Waals surface area contributed by atoms with Gasteiger partial charge in [0.2, 0.25) is 0 Å². The summed E-state index contributed by atoms with van der Waals surface area (Å²) in [5, 5.41) is 2.85. The number of hydrogen-bond donors (Lipinski definition) is 1. The number of carbonyl (C=O) groups is 1. The van der Waals surface area contributed by atoms with Crippen LogP contribution in [0.4, 0.5) is 4.79 Å². The van der Waals surface area contributed by atoms with Gasteiger partial charge in [-0.3, -0.25) is 0 Å². The van der Waals surface area contributed by atoms with Crippen molar-refractivity contribution in [3.8, 4) is 11.5 Å². The zero-order chi connectivity index (χ0) is 17.0. The van der Waals surface area contributed by atoms with E-state index >= 15 is 0 Å². The first-order valence-corrected chi connectivity index (χ1v) is 8.09. The fourth-order valence-electron chi connectivity index (χ4n) is 2.18. The number of carbonyl (C=O) groups excluding carboxylic acids is 1. The lowest BCUT2D eigenvalue weighted by Crippen LogP contribution is -2.34. The lowest BCUT2D eigenvalue weighted by Gasteiger charge is -2.23. The third kappa shape index (κ3) is 5.66. The van der Waals surface area contributed by atoms with E-state index in [0.717, 1.165) is 17.1 Å². The molecule has 1 fully saturated rings. The zero-order valence-corrected chi connectivity index (χ0v) is 14.6. The first kappa shape index (κ1) is 17.4. The lowest BCUT2D eigenvalue weighted by atomic mass is 10.1. The number of rotatable bonds is 6. The molecule has 0 unspecified atom stereocenters. The third-order valence-electron chi connectivity index (χ3n) is 3.59. The summed E-state index contributed by atoms with van der Waals surface area (Å²) < 4.78 is 16.5. The van der Waals surface area contributed by atoms with Crippen molar-refractivity contribution in [1.29, 1.82) is 0 Å². The quantitative estimate of drug-likeness (QED) is 0.858. The molecule has 1 aromatic carbocycles. The van der Waals surface area contributed by atoms with Gasteiger partial charge in [-0.1, -0.05) is 0 Å². The highest BCUT2D eigenvalue weighted by Gasteiger charge is 2.24. The Balaban J connectivity index is 2.07.